The third-order valence-electron chi connectivity index (χ3n) is 2.23. The third kappa shape index (κ3) is 2.48. The molecule has 2 nitrogen and oxygen atoms in total. The van der Waals surface area contributed by atoms with Crippen molar-refractivity contribution < 1.29 is 12.8 Å². The van der Waals surface area contributed by atoms with Crippen LogP contribution in [0.1, 0.15) is 0 Å². The summed E-state index contributed by atoms with van der Waals surface area (Å²) in [5, 5.41) is 0.447. The molecule has 0 fully saturated rings. The minimum Gasteiger partial charge on any atom is -0.219 e. The molecule has 0 amide bonds. The molecule has 0 aliphatic carbocycles. The van der Waals surface area contributed by atoms with Gasteiger partial charge in [-0.1, -0.05) is 17.7 Å². The Bertz CT molecular complexity index is 636. The van der Waals surface area contributed by atoms with E-state index in [2.05, 4.69) is 0 Å². The Hall–Kier alpha value is -1.39. The molecule has 2 aromatic rings. The molecule has 0 heterocycles. The molecule has 2 rings (SSSR count). The molecule has 0 N–H and O–H groups in total. The van der Waals surface area contributed by atoms with Gasteiger partial charge in [0.2, 0.25) is 9.84 Å². The van der Waals surface area contributed by atoms with Crippen LogP contribution in [0.4, 0.5) is 4.39 Å². The lowest BCUT2D eigenvalue weighted by Gasteiger charge is -2.04. The van der Waals surface area contributed by atoms with Crippen molar-refractivity contribution in [2.45, 2.75) is 9.79 Å². The van der Waals surface area contributed by atoms with Gasteiger partial charge in [0.15, 0.2) is 0 Å². The van der Waals surface area contributed by atoms with Crippen LogP contribution in [-0.2, 0) is 9.84 Å². The molecule has 0 aliphatic heterocycles. The van der Waals surface area contributed by atoms with Gasteiger partial charge in [0, 0.05) is 5.02 Å². The SMILES string of the molecule is O=S(=O)(c1ccc(Cl)cc1)c1cccc(F)c1. The predicted molar refractivity (Wildman–Crippen MR) is 63.3 cm³/mol. The van der Waals surface area contributed by atoms with Gasteiger partial charge in [-0.15, -0.1) is 0 Å². The normalized spacial score (nSPS) is 11.4. The summed E-state index contributed by atoms with van der Waals surface area (Å²) in [6.45, 7) is 0. The van der Waals surface area contributed by atoms with Gasteiger partial charge in [-0.2, -0.15) is 0 Å². The Morgan fingerprint density at radius 3 is 2.18 bits per heavy atom. The summed E-state index contributed by atoms with van der Waals surface area (Å²) in [7, 11) is -3.68. The largest absolute Gasteiger partial charge is 0.219 e. The summed E-state index contributed by atoms with van der Waals surface area (Å²) in [4.78, 5) is 0.0207. The Labute approximate surface area is 104 Å². The van der Waals surface area contributed by atoms with Crippen molar-refractivity contribution in [3.8, 4) is 0 Å². The second-order valence-corrected chi connectivity index (χ2v) is 5.80. The number of halogens is 2. The van der Waals surface area contributed by atoms with Crippen LogP contribution in [0.2, 0.25) is 5.02 Å². The van der Waals surface area contributed by atoms with Crippen LogP contribution in [0.25, 0.3) is 0 Å². The van der Waals surface area contributed by atoms with Gasteiger partial charge in [0.1, 0.15) is 5.82 Å². The Morgan fingerprint density at radius 1 is 0.941 bits per heavy atom. The van der Waals surface area contributed by atoms with Crippen LogP contribution >= 0.6 is 11.6 Å². The third-order valence-corrected chi connectivity index (χ3v) is 4.25. The average molecular weight is 271 g/mol. The summed E-state index contributed by atoms with van der Waals surface area (Å²) in [5.74, 6) is -0.583. The smallest absolute Gasteiger partial charge is 0.206 e. The van der Waals surface area contributed by atoms with Gasteiger partial charge in [-0.05, 0) is 42.5 Å². The van der Waals surface area contributed by atoms with Gasteiger partial charge in [-0.3, -0.25) is 0 Å². The fraction of sp³-hybridized carbons (Fsp3) is 0. The zero-order chi connectivity index (χ0) is 12.5. The highest BCUT2D eigenvalue weighted by molar-refractivity contribution is 7.91. The molecule has 0 atom stereocenters. The van der Waals surface area contributed by atoms with Crippen LogP contribution in [-0.4, -0.2) is 8.42 Å². The summed E-state index contributed by atoms with van der Waals surface area (Å²) in [6, 6.07) is 10.6. The number of benzene rings is 2. The van der Waals surface area contributed by atoms with Gasteiger partial charge in [0.25, 0.3) is 0 Å². The van der Waals surface area contributed by atoms with E-state index < -0.39 is 15.7 Å². The van der Waals surface area contributed by atoms with Gasteiger partial charge >= 0.3 is 0 Å². The molecule has 0 radical (unpaired) electrons. The number of rotatable bonds is 2. The predicted octanol–water partition coefficient (Wildman–Crippen LogP) is 3.31. The van der Waals surface area contributed by atoms with E-state index >= 15 is 0 Å². The summed E-state index contributed by atoms with van der Waals surface area (Å²) >= 11 is 5.68. The highest BCUT2D eigenvalue weighted by atomic mass is 35.5. The van der Waals surface area contributed by atoms with Crippen LogP contribution in [0.5, 0.6) is 0 Å². The van der Waals surface area contributed by atoms with E-state index in [4.69, 9.17) is 11.6 Å². The van der Waals surface area contributed by atoms with Crippen LogP contribution in [0.3, 0.4) is 0 Å². The van der Waals surface area contributed by atoms with Crippen molar-refractivity contribution in [2.75, 3.05) is 0 Å². The van der Waals surface area contributed by atoms with Crippen LogP contribution in [0.15, 0.2) is 58.3 Å². The zero-order valence-electron chi connectivity index (χ0n) is 8.60. The van der Waals surface area contributed by atoms with Gasteiger partial charge in [0.05, 0.1) is 9.79 Å². The lowest BCUT2D eigenvalue weighted by molar-refractivity contribution is 0.591. The molecule has 0 saturated carbocycles. The fourth-order valence-electron chi connectivity index (χ4n) is 1.38. The van der Waals surface area contributed by atoms with Crippen molar-refractivity contribution >= 4 is 21.4 Å². The second-order valence-electron chi connectivity index (χ2n) is 3.41. The van der Waals surface area contributed by atoms with Crippen molar-refractivity contribution in [2.24, 2.45) is 0 Å². The summed E-state index contributed by atoms with van der Waals surface area (Å²) < 4.78 is 37.2. The molecule has 0 bridgehead atoms. The fourth-order valence-corrected chi connectivity index (χ4v) is 2.80. The maximum atomic E-state index is 13.0. The van der Waals surface area contributed by atoms with Crippen molar-refractivity contribution in [1.82, 2.24) is 0 Å². The van der Waals surface area contributed by atoms with E-state index in [0.29, 0.717) is 5.02 Å². The number of sulfone groups is 1. The molecule has 5 heteroatoms. The lowest BCUT2D eigenvalue weighted by atomic mass is 10.3. The van der Waals surface area contributed by atoms with Crippen LogP contribution < -0.4 is 0 Å². The minimum absolute atomic E-state index is 0.0696. The summed E-state index contributed by atoms with van der Waals surface area (Å²) in [5.41, 5.74) is 0. The first-order valence-corrected chi connectivity index (χ1v) is 6.62. The minimum atomic E-state index is -3.68. The second kappa shape index (κ2) is 4.47. The average Bonchev–Trinajstić information content (AvgIpc) is 2.29. The van der Waals surface area contributed by atoms with E-state index in [1.54, 1.807) is 0 Å². The molecule has 17 heavy (non-hydrogen) atoms. The Morgan fingerprint density at radius 2 is 1.59 bits per heavy atom. The Balaban J connectivity index is 2.54. The quantitative estimate of drug-likeness (QED) is 0.839. The van der Waals surface area contributed by atoms with E-state index in [1.807, 2.05) is 0 Å². The van der Waals surface area contributed by atoms with Gasteiger partial charge in [-0.25, -0.2) is 12.8 Å². The van der Waals surface area contributed by atoms with E-state index in [0.717, 1.165) is 6.07 Å². The number of hydrogen-bond donors (Lipinski definition) is 0. The maximum Gasteiger partial charge on any atom is 0.206 e. The topological polar surface area (TPSA) is 34.1 Å². The van der Waals surface area contributed by atoms with Crippen molar-refractivity contribution in [3.63, 3.8) is 0 Å². The van der Waals surface area contributed by atoms with Gasteiger partial charge < -0.3 is 0 Å². The number of hydrogen-bond acceptors (Lipinski definition) is 2. The van der Waals surface area contributed by atoms with E-state index in [1.165, 1.54) is 42.5 Å². The van der Waals surface area contributed by atoms with E-state index in [-0.39, 0.29) is 9.79 Å². The molecular weight excluding hydrogens is 263 g/mol. The zero-order valence-corrected chi connectivity index (χ0v) is 10.2. The molecule has 0 unspecified atom stereocenters. The first-order chi connectivity index (χ1) is 8.00. The molecular formula is C12H8ClFO2S. The highest BCUT2D eigenvalue weighted by Crippen LogP contribution is 2.22. The van der Waals surface area contributed by atoms with Crippen molar-refractivity contribution in [1.29, 1.82) is 0 Å². The standard InChI is InChI=1S/C12H8ClFO2S/c13-9-4-6-11(7-5-9)17(15,16)12-3-1-2-10(14)8-12/h1-8H. The molecule has 2 aromatic carbocycles. The van der Waals surface area contributed by atoms with Crippen LogP contribution in [0, 0.1) is 5.82 Å². The lowest BCUT2D eigenvalue weighted by Crippen LogP contribution is -2.01. The van der Waals surface area contributed by atoms with E-state index in [9.17, 15) is 12.8 Å². The molecule has 0 saturated heterocycles. The first-order valence-electron chi connectivity index (χ1n) is 4.76. The summed E-state index contributed by atoms with van der Waals surface area (Å²) in [6.07, 6.45) is 0. The maximum absolute atomic E-state index is 13.0. The molecule has 88 valence electrons. The molecule has 0 aliphatic rings. The highest BCUT2D eigenvalue weighted by Gasteiger charge is 2.17. The first kappa shape index (κ1) is 12.1. The Kier molecular flexibility index (Phi) is 3.17. The molecule has 0 aromatic heterocycles. The van der Waals surface area contributed by atoms with Crippen molar-refractivity contribution in [3.05, 3.63) is 59.4 Å². The monoisotopic (exact) mass is 270 g/mol. The molecule has 0 spiro atoms.